The molecule has 0 saturated heterocycles. The van der Waals surface area contributed by atoms with Crippen LogP contribution >= 0.6 is 0 Å². The average molecular weight is 363 g/mol. The summed E-state index contributed by atoms with van der Waals surface area (Å²) in [5, 5.41) is 0. The zero-order chi connectivity index (χ0) is 15.8. The average Bonchev–Trinajstić information content (AvgIpc) is 2.59. The molecule has 3 aromatic rings. The van der Waals surface area contributed by atoms with E-state index >= 15 is 0 Å². The van der Waals surface area contributed by atoms with Crippen molar-refractivity contribution < 1.29 is 4.74 Å². The van der Waals surface area contributed by atoms with Gasteiger partial charge in [0, 0.05) is 0 Å². The van der Waals surface area contributed by atoms with Gasteiger partial charge in [0.25, 0.3) is 0 Å². The molecule has 0 aliphatic carbocycles. The number of hydrogen-bond donors (Lipinski definition) is 0. The summed E-state index contributed by atoms with van der Waals surface area (Å²) in [4.78, 5) is 2.14. The predicted molar refractivity (Wildman–Crippen MR) is 98.4 cm³/mol. The van der Waals surface area contributed by atoms with Gasteiger partial charge in [0.2, 0.25) is 0 Å². The summed E-state index contributed by atoms with van der Waals surface area (Å²) in [6.07, 6.45) is 0. The van der Waals surface area contributed by atoms with Gasteiger partial charge in [-0.15, -0.1) is 0 Å². The molecule has 0 fully saturated rings. The van der Waals surface area contributed by atoms with E-state index in [0.717, 1.165) is 11.5 Å². The molecule has 23 heavy (non-hydrogen) atoms. The Morgan fingerprint density at radius 3 is 1.74 bits per heavy atom. The van der Waals surface area contributed by atoms with Crippen LogP contribution in [0.2, 0.25) is 0 Å². The summed E-state index contributed by atoms with van der Waals surface area (Å²) >= 11 is -1.56. The summed E-state index contributed by atoms with van der Waals surface area (Å²) in [5.74, 6) is 2.03. The first-order chi connectivity index (χ1) is 11.2. The van der Waals surface area contributed by atoms with E-state index < -0.39 is 14.7 Å². The number of rotatable bonds is 2. The molecule has 0 amide bonds. The van der Waals surface area contributed by atoms with Gasteiger partial charge in [0.05, 0.1) is 0 Å². The Morgan fingerprint density at radius 2 is 1.22 bits per heavy atom. The molecule has 1 aliphatic heterocycles. The number of nitrogens with zero attached hydrogens (tertiary/aromatic N) is 1. The Balaban J connectivity index is 1.87. The van der Waals surface area contributed by atoms with Crippen LogP contribution in [0.4, 0.5) is 5.69 Å². The van der Waals surface area contributed by atoms with Gasteiger partial charge in [-0.05, 0) is 0 Å². The molecule has 3 aromatic carbocycles. The molecule has 0 N–H and O–H groups in total. The van der Waals surface area contributed by atoms with Crippen molar-refractivity contribution in [2.24, 2.45) is 0 Å². The third-order valence-electron chi connectivity index (χ3n) is 4.06. The second-order valence-electron chi connectivity index (χ2n) is 5.78. The third-order valence-corrected chi connectivity index (χ3v) is 9.34. The number of ether oxygens (including phenoxy) is 1. The van der Waals surface area contributed by atoms with Crippen molar-refractivity contribution in [1.29, 1.82) is 0 Å². The molecule has 114 valence electrons. The van der Waals surface area contributed by atoms with Crippen LogP contribution in [0.15, 0.2) is 72.8 Å². The van der Waals surface area contributed by atoms with Crippen LogP contribution in [0.3, 0.4) is 0 Å². The number of anilines is 1. The van der Waals surface area contributed by atoms with E-state index in [4.69, 9.17) is 4.74 Å². The molecule has 1 aliphatic rings. The van der Waals surface area contributed by atoms with Gasteiger partial charge in [-0.2, -0.15) is 0 Å². The van der Waals surface area contributed by atoms with Crippen LogP contribution in [0, 0.1) is 0 Å². The van der Waals surface area contributed by atoms with Gasteiger partial charge >= 0.3 is 141 Å². The minimum atomic E-state index is -1.56. The van der Waals surface area contributed by atoms with Crippen molar-refractivity contribution >= 4 is 33.4 Å². The molecule has 0 spiro atoms. The number of fused-ring (bicyclic) bond motifs is 2. The Kier molecular flexibility index (Phi) is 3.63. The van der Waals surface area contributed by atoms with E-state index in [2.05, 4.69) is 91.8 Å². The summed E-state index contributed by atoms with van der Waals surface area (Å²) in [6.45, 7) is 0. The van der Waals surface area contributed by atoms with Crippen molar-refractivity contribution in [3.8, 4) is 11.5 Å². The standard InChI is InChI=1S/C20H18AsNO/c1-22(2)16-13-11-15(12-14-16)21-17-7-3-5-9-19(17)23-20-10-6-4-8-18(20)21/h3-14H,1-2H3. The van der Waals surface area contributed by atoms with Gasteiger partial charge in [0.15, 0.2) is 0 Å². The summed E-state index contributed by atoms with van der Waals surface area (Å²) in [7, 11) is 4.15. The fraction of sp³-hybridized carbons (Fsp3) is 0.100. The van der Waals surface area contributed by atoms with E-state index in [1.165, 1.54) is 18.7 Å². The molecule has 1 heterocycles. The van der Waals surface area contributed by atoms with Crippen LogP contribution in [-0.2, 0) is 0 Å². The molecule has 3 heteroatoms. The first kappa shape index (κ1) is 14.4. The Labute approximate surface area is 141 Å². The molecule has 0 radical (unpaired) electrons. The SMILES string of the molecule is CN(C)c1ccc([As]2c3ccccc3Oc3ccccc32)cc1. The first-order valence-electron chi connectivity index (χ1n) is 7.67. The van der Waals surface area contributed by atoms with Crippen molar-refractivity contribution in [3.05, 3.63) is 72.8 Å². The molecule has 0 aromatic heterocycles. The van der Waals surface area contributed by atoms with Crippen molar-refractivity contribution in [1.82, 2.24) is 0 Å². The van der Waals surface area contributed by atoms with Gasteiger partial charge in [-0.3, -0.25) is 0 Å². The zero-order valence-electron chi connectivity index (χ0n) is 13.2. The first-order valence-corrected chi connectivity index (χ1v) is 10.5. The van der Waals surface area contributed by atoms with Crippen LogP contribution < -0.4 is 22.7 Å². The molecule has 2 nitrogen and oxygen atoms in total. The maximum absolute atomic E-state index is 6.12. The minimum absolute atomic E-state index is 1.02. The number of benzene rings is 3. The quantitative estimate of drug-likeness (QED) is 0.507. The fourth-order valence-corrected chi connectivity index (χ4v) is 7.95. The Bertz CT molecular complexity index is 797. The summed E-state index contributed by atoms with van der Waals surface area (Å²) in [6, 6.07) is 26.0. The predicted octanol–water partition coefficient (Wildman–Crippen LogP) is 2.37. The number of hydrogen-bond acceptors (Lipinski definition) is 2. The van der Waals surface area contributed by atoms with Crippen molar-refractivity contribution in [2.45, 2.75) is 0 Å². The zero-order valence-corrected chi connectivity index (χ0v) is 15.1. The summed E-state index contributed by atoms with van der Waals surface area (Å²) in [5.41, 5.74) is 1.23. The van der Waals surface area contributed by atoms with Crippen LogP contribution in [0.25, 0.3) is 0 Å². The van der Waals surface area contributed by atoms with Gasteiger partial charge in [-0.1, -0.05) is 0 Å². The third kappa shape index (κ3) is 2.54. The van der Waals surface area contributed by atoms with E-state index in [1.54, 1.807) is 0 Å². The molecule has 0 unspecified atom stereocenters. The van der Waals surface area contributed by atoms with Crippen molar-refractivity contribution in [3.63, 3.8) is 0 Å². The molecule has 0 atom stereocenters. The normalized spacial score (nSPS) is 13.0. The molecule has 0 bridgehead atoms. The second kappa shape index (κ2) is 5.79. The second-order valence-corrected chi connectivity index (χ2v) is 10.3. The van der Waals surface area contributed by atoms with Crippen LogP contribution in [0.1, 0.15) is 0 Å². The van der Waals surface area contributed by atoms with E-state index in [1.807, 2.05) is 0 Å². The molecule has 0 saturated carbocycles. The summed E-state index contributed by atoms with van der Waals surface area (Å²) < 4.78 is 10.3. The van der Waals surface area contributed by atoms with Crippen molar-refractivity contribution in [2.75, 3.05) is 19.0 Å². The van der Waals surface area contributed by atoms with Gasteiger partial charge in [0.1, 0.15) is 0 Å². The van der Waals surface area contributed by atoms with Gasteiger partial charge in [-0.25, -0.2) is 0 Å². The maximum atomic E-state index is 6.12. The Morgan fingerprint density at radius 1 is 0.696 bits per heavy atom. The van der Waals surface area contributed by atoms with E-state index in [0.29, 0.717) is 0 Å². The van der Waals surface area contributed by atoms with Crippen LogP contribution in [0.5, 0.6) is 11.5 Å². The monoisotopic (exact) mass is 363 g/mol. The number of para-hydroxylation sites is 2. The van der Waals surface area contributed by atoms with E-state index in [9.17, 15) is 0 Å². The van der Waals surface area contributed by atoms with E-state index in [-0.39, 0.29) is 0 Å². The molecular formula is C20H18AsNO. The molecular weight excluding hydrogens is 345 g/mol. The topological polar surface area (TPSA) is 12.5 Å². The van der Waals surface area contributed by atoms with Gasteiger partial charge < -0.3 is 0 Å². The van der Waals surface area contributed by atoms with Crippen LogP contribution in [-0.4, -0.2) is 28.7 Å². The Hall–Kier alpha value is -2.18. The fourth-order valence-electron chi connectivity index (χ4n) is 2.88. The molecule has 4 rings (SSSR count).